The first-order valence-electron chi connectivity index (χ1n) is 5.51. The van der Waals surface area contributed by atoms with E-state index in [1.807, 2.05) is 23.1 Å². The fourth-order valence-electron chi connectivity index (χ4n) is 2.00. The Bertz CT molecular complexity index is 406. The number of halogens is 1. The second-order valence-electron chi connectivity index (χ2n) is 3.96. The lowest BCUT2D eigenvalue weighted by molar-refractivity contribution is -0.118. The molecule has 0 aromatic heterocycles. The fourth-order valence-corrected chi connectivity index (χ4v) is 2.17. The minimum Gasteiger partial charge on any atom is -0.330 e. The molecule has 0 unspecified atom stereocenters. The second kappa shape index (κ2) is 4.85. The van der Waals surface area contributed by atoms with Gasteiger partial charge in [0.2, 0.25) is 5.91 Å². The van der Waals surface area contributed by atoms with Crippen molar-refractivity contribution in [3.63, 3.8) is 0 Å². The Kier molecular flexibility index (Phi) is 3.46. The zero-order valence-electron chi connectivity index (χ0n) is 9.08. The van der Waals surface area contributed by atoms with Crippen molar-refractivity contribution in [2.75, 3.05) is 18.0 Å². The van der Waals surface area contributed by atoms with Crippen molar-refractivity contribution in [2.24, 2.45) is 5.73 Å². The van der Waals surface area contributed by atoms with Gasteiger partial charge in [-0.15, -0.1) is 0 Å². The molecule has 2 N–H and O–H groups in total. The highest BCUT2D eigenvalue weighted by molar-refractivity contribution is 6.31. The topological polar surface area (TPSA) is 46.3 Å². The Morgan fingerprint density at radius 3 is 3.06 bits per heavy atom. The van der Waals surface area contributed by atoms with Crippen LogP contribution in [-0.4, -0.2) is 19.0 Å². The number of hydrogen-bond acceptors (Lipinski definition) is 2. The number of amides is 1. The minimum atomic E-state index is 0.145. The average molecular weight is 239 g/mol. The summed E-state index contributed by atoms with van der Waals surface area (Å²) in [4.78, 5) is 13.7. The van der Waals surface area contributed by atoms with E-state index < -0.39 is 0 Å². The molecular weight excluding hydrogens is 224 g/mol. The van der Waals surface area contributed by atoms with Gasteiger partial charge in [-0.3, -0.25) is 4.79 Å². The Labute approximate surface area is 100 Å². The van der Waals surface area contributed by atoms with E-state index in [0.717, 1.165) is 25.1 Å². The third-order valence-electron chi connectivity index (χ3n) is 2.84. The summed E-state index contributed by atoms with van der Waals surface area (Å²) in [6.45, 7) is 1.32. The quantitative estimate of drug-likeness (QED) is 0.875. The molecule has 0 bridgehead atoms. The second-order valence-corrected chi connectivity index (χ2v) is 4.40. The Morgan fingerprint density at radius 1 is 1.50 bits per heavy atom. The molecule has 0 atom stereocenters. The molecule has 0 radical (unpaired) electrons. The molecule has 1 heterocycles. The first kappa shape index (κ1) is 11.4. The summed E-state index contributed by atoms with van der Waals surface area (Å²) in [5.41, 5.74) is 7.57. The number of nitrogens with zero attached hydrogens (tertiary/aromatic N) is 1. The average Bonchev–Trinajstić information content (AvgIpc) is 2.68. The maximum absolute atomic E-state index is 11.9. The van der Waals surface area contributed by atoms with E-state index in [2.05, 4.69) is 0 Å². The zero-order chi connectivity index (χ0) is 11.5. The molecule has 86 valence electrons. The van der Waals surface area contributed by atoms with Crippen molar-refractivity contribution in [1.29, 1.82) is 0 Å². The lowest BCUT2D eigenvalue weighted by Gasteiger charge is -2.17. The number of nitrogens with two attached hydrogens (primary N) is 1. The van der Waals surface area contributed by atoms with Crippen LogP contribution in [0, 0.1) is 0 Å². The van der Waals surface area contributed by atoms with Crippen LogP contribution < -0.4 is 10.6 Å². The molecule has 16 heavy (non-hydrogen) atoms. The number of carbonyl (C=O) groups excluding carboxylic acids is 1. The number of rotatable bonds is 3. The van der Waals surface area contributed by atoms with Crippen molar-refractivity contribution < 1.29 is 4.79 Å². The van der Waals surface area contributed by atoms with Gasteiger partial charge in [0, 0.05) is 23.7 Å². The van der Waals surface area contributed by atoms with Gasteiger partial charge in [0.25, 0.3) is 0 Å². The van der Waals surface area contributed by atoms with Crippen LogP contribution in [-0.2, 0) is 11.2 Å². The van der Waals surface area contributed by atoms with Crippen molar-refractivity contribution in [1.82, 2.24) is 0 Å². The van der Waals surface area contributed by atoms with Crippen molar-refractivity contribution >= 4 is 23.2 Å². The van der Waals surface area contributed by atoms with E-state index in [0.29, 0.717) is 18.0 Å². The summed E-state index contributed by atoms with van der Waals surface area (Å²) in [6.07, 6.45) is 2.18. The monoisotopic (exact) mass is 238 g/mol. The molecule has 0 spiro atoms. The Morgan fingerprint density at radius 2 is 2.31 bits per heavy atom. The first-order valence-corrected chi connectivity index (χ1v) is 5.89. The molecule has 0 saturated heterocycles. The van der Waals surface area contributed by atoms with Crippen molar-refractivity contribution in [3.05, 3.63) is 28.8 Å². The van der Waals surface area contributed by atoms with Gasteiger partial charge in [-0.05, 0) is 37.1 Å². The minimum absolute atomic E-state index is 0.145. The Balaban J connectivity index is 2.16. The number of hydrogen-bond donors (Lipinski definition) is 1. The van der Waals surface area contributed by atoms with E-state index in [4.69, 9.17) is 17.3 Å². The third-order valence-corrected chi connectivity index (χ3v) is 3.07. The van der Waals surface area contributed by atoms with Crippen molar-refractivity contribution in [3.8, 4) is 0 Å². The van der Waals surface area contributed by atoms with Gasteiger partial charge in [-0.2, -0.15) is 0 Å². The van der Waals surface area contributed by atoms with E-state index in [9.17, 15) is 4.79 Å². The number of anilines is 1. The number of fused-ring (bicyclic) bond motifs is 1. The largest absolute Gasteiger partial charge is 0.330 e. The van der Waals surface area contributed by atoms with Crippen LogP contribution in [0.2, 0.25) is 5.02 Å². The summed E-state index contributed by atoms with van der Waals surface area (Å²) in [5, 5.41) is 0.678. The lowest BCUT2D eigenvalue weighted by Crippen LogP contribution is -2.29. The van der Waals surface area contributed by atoms with Crippen LogP contribution in [0.25, 0.3) is 0 Å². The highest BCUT2D eigenvalue weighted by Gasteiger charge is 2.23. The van der Waals surface area contributed by atoms with Crippen LogP contribution in [0.3, 0.4) is 0 Å². The molecule has 4 heteroatoms. The smallest absolute Gasteiger partial charge is 0.227 e. The van der Waals surface area contributed by atoms with Gasteiger partial charge in [-0.1, -0.05) is 17.7 Å². The fraction of sp³-hybridized carbons (Fsp3) is 0.417. The standard InChI is InChI=1S/C12H15ClN2O/c13-10-4-3-9-5-7-15(11(9)8-10)12(16)2-1-6-14/h3-4,8H,1-2,5-7,14H2. The van der Waals surface area contributed by atoms with E-state index in [1.54, 1.807) is 0 Å². The zero-order valence-corrected chi connectivity index (χ0v) is 9.83. The summed E-state index contributed by atoms with van der Waals surface area (Å²) >= 11 is 5.94. The lowest BCUT2D eigenvalue weighted by atomic mass is 10.2. The van der Waals surface area contributed by atoms with Crippen LogP contribution in [0.15, 0.2) is 18.2 Å². The maximum Gasteiger partial charge on any atom is 0.227 e. The summed E-state index contributed by atoms with van der Waals surface area (Å²) < 4.78 is 0. The van der Waals surface area contributed by atoms with Crippen molar-refractivity contribution in [2.45, 2.75) is 19.3 Å². The molecule has 1 aromatic rings. The van der Waals surface area contributed by atoms with Gasteiger partial charge in [-0.25, -0.2) is 0 Å². The summed E-state index contributed by atoms with van der Waals surface area (Å²) in [5.74, 6) is 0.145. The predicted molar refractivity (Wildman–Crippen MR) is 65.8 cm³/mol. The van der Waals surface area contributed by atoms with Crippen LogP contribution >= 0.6 is 11.6 Å². The molecule has 0 fully saturated rings. The third kappa shape index (κ3) is 2.20. The predicted octanol–water partition coefficient (Wildman–Crippen LogP) is 1.97. The van der Waals surface area contributed by atoms with Gasteiger partial charge in [0.1, 0.15) is 0 Å². The highest BCUT2D eigenvalue weighted by Crippen LogP contribution is 2.31. The Hall–Kier alpha value is -1.06. The molecule has 1 amide bonds. The molecule has 1 aromatic carbocycles. The van der Waals surface area contributed by atoms with E-state index >= 15 is 0 Å². The molecule has 0 saturated carbocycles. The SMILES string of the molecule is NCCCC(=O)N1CCc2ccc(Cl)cc21. The maximum atomic E-state index is 11.9. The van der Waals surface area contributed by atoms with Gasteiger partial charge in [0.05, 0.1) is 0 Å². The molecule has 2 rings (SSSR count). The van der Waals surface area contributed by atoms with Gasteiger partial charge in [0.15, 0.2) is 0 Å². The van der Waals surface area contributed by atoms with Gasteiger partial charge >= 0.3 is 0 Å². The van der Waals surface area contributed by atoms with Gasteiger partial charge < -0.3 is 10.6 Å². The van der Waals surface area contributed by atoms with E-state index in [1.165, 1.54) is 5.56 Å². The molecule has 1 aliphatic heterocycles. The number of benzene rings is 1. The van der Waals surface area contributed by atoms with Crippen LogP contribution in [0.1, 0.15) is 18.4 Å². The number of carbonyl (C=O) groups is 1. The summed E-state index contributed by atoms with van der Waals surface area (Å²) in [6, 6.07) is 5.73. The van der Waals surface area contributed by atoms with E-state index in [-0.39, 0.29) is 5.91 Å². The molecule has 1 aliphatic rings. The van der Waals surface area contributed by atoms with Crippen LogP contribution in [0.5, 0.6) is 0 Å². The normalized spacial score (nSPS) is 14.0. The molecule has 0 aliphatic carbocycles. The molecular formula is C12H15ClN2O. The highest BCUT2D eigenvalue weighted by atomic mass is 35.5. The summed E-state index contributed by atoms with van der Waals surface area (Å²) in [7, 11) is 0. The first-order chi connectivity index (χ1) is 7.72. The van der Waals surface area contributed by atoms with Crippen LogP contribution in [0.4, 0.5) is 5.69 Å². The molecule has 3 nitrogen and oxygen atoms in total.